The monoisotopic (exact) mass is 324 g/mol. The normalized spacial score (nSPS) is 11.0. The van der Waals surface area contributed by atoms with Gasteiger partial charge in [0.05, 0.1) is 16.3 Å². The molecule has 0 aliphatic heterocycles. The quantitative estimate of drug-likeness (QED) is 0.566. The van der Waals surface area contributed by atoms with E-state index in [0.717, 1.165) is 12.8 Å². The molecule has 24 heavy (non-hydrogen) atoms. The van der Waals surface area contributed by atoms with Gasteiger partial charge in [-0.1, -0.05) is 19.4 Å². The summed E-state index contributed by atoms with van der Waals surface area (Å²) in [4.78, 5) is 35.8. The van der Waals surface area contributed by atoms with Crippen LogP contribution in [0.15, 0.2) is 45.6 Å². The maximum atomic E-state index is 12.6. The molecule has 0 radical (unpaired) electrons. The number of fused-ring (bicyclic) bond motifs is 2. The molecule has 122 valence electrons. The van der Waals surface area contributed by atoms with Crippen molar-refractivity contribution < 1.29 is 19.1 Å². The molecule has 0 bridgehead atoms. The van der Waals surface area contributed by atoms with Gasteiger partial charge in [-0.15, -0.1) is 0 Å². The third-order valence-corrected chi connectivity index (χ3v) is 4.00. The van der Waals surface area contributed by atoms with Crippen molar-refractivity contribution in [1.29, 1.82) is 0 Å². The summed E-state index contributed by atoms with van der Waals surface area (Å²) < 4.78 is 5.71. The zero-order valence-electron chi connectivity index (χ0n) is 13.2. The van der Waals surface area contributed by atoms with Crippen LogP contribution in [0.2, 0.25) is 0 Å². The first kappa shape index (κ1) is 15.9. The van der Waals surface area contributed by atoms with Crippen LogP contribution in [0.25, 0.3) is 21.9 Å². The van der Waals surface area contributed by atoms with E-state index in [1.54, 1.807) is 18.2 Å². The Kier molecular flexibility index (Phi) is 4.16. The Morgan fingerprint density at radius 2 is 1.75 bits per heavy atom. The Morgan fingerprint density at radius 1 is 1.00 bits per heavy atom. The molecule has 1 N–H and O–H groups in total. The molecule has 2 aromatic carbocycles. The zero-order valence-corrected chi connectivity index (χ0v) is 13.2. The number of Topliss-reactive ketones (excluding diaryl/α,β-unsaturated/α-hetero) is 1. The van der Waals surface area contributed by atoms with Crippen molar-refractivity contribution in [2.24, 2.45) is 0 Å². The second-order valence-electron chi connectivity index (χ2n) is 5.68. The molecule has 3 rings (SSSR count). The van der Waals surface area contributed by atoms with E-state index in [9.17, 15) is 14.4 Å². The maximum absolute atomic E-state index is 12.6. The molecule has 0 atom stereocenters. The summed E-state index contributed by atoms with van der Waals surface area (Å²) in [6, 6.07) is 8.92. The SMILES string of the molecule is CCCCC(=O)c1ccc2c(=O)c3cc(C(=O)O)ccc3oc2c1. The number of hydrogen-bond acceptors (Lipinski definition) is 4. The molecule has 3 aromatic rings. The number of benzene rings is 2. The Morgan fingerprint density at radius 3 is 2.46 bits per heavy atom. The molecule has 0 amide bonds. The first-order valence-corrected chi connectivity index (χ1v) is 7.78. The number of hydrogen-bond donors (Lipinski definition) is 1. The highest BCUT2D eigenvalue weighted by atomic mass is 16.4. The number of ketones is 1. The molecular weight excluding hydrogens is 308 g/mol. The molecule has 1 heterocycles. The number of carbonyl (C=O) groups is 2. The highest BCUT2D eigenvalue weighted by Gasteiger charge is 2.13. The molecule has 0 unspecified atom stereocenters. The summed E-state index contributed by atoms with van der Waals surface area (Å²) in [6.45, 7) is 2.02. The average molecular weight is 324 g/mol. The Labute approximate surface area is 137 Å². The van der Waals surface area contributed by atoms with Gasteiger partial charge in [-0.25, -0.2) is 4.79 Å². The molecule has 0 aliphatic carbocycles. The van der Waals surface area contributed by atoms with Gasteiger partial charge >= 0.3 is 5.97 Å². The highest BCUT2D eigenvalue weighted by molar-refractivity contribution is 6.01. The first-order valence-electron chi connectivity index (χ1n) is 7.78. The van der Waals surface area contributed by atoms with Crippen molar-refractivity contribution in [1.82, 2.24) is 0 Å². The van der Waals surface area contributed by atoms with Crippen LogP contribution < -0.4 is 5.43 Å². The number of carboxylic acids is 1. The van der Waals surface area contributed by atoms with E-state index in [1.807, 2.05) is 6.92 Å². The van der Waals surface area contributed by atoms with Gasteiger partial charge in [0, 0.05) is 12.0 Å². The number of carboxylic acid groups (broad SMARTS) is 1. The van der Waals surface area contributed by atoms with Crippen LogP contribution in [-0.4, -0.2) is 16.9 Å². The minimum absolute atomic E-state index is 0.0164. The molecule has 0 fully saturated rings. The van der Waals surface area contributed by atoms with Crippen LogP contribution in [0.5, 0.6) is 0 Å². The lowest BCUT2D eigenvalue weighted by Crippen LogP contribution is -2.06. The van der Waals surface area contributed by atoms with Gasteiger partial charge in [0.15, 0.2) is 5.78 Å². The minimum atomic E-state index is -1.10. The molecule has 0 aliphatic rings. The number of aromatic carboxylic acids is 1. The van der Waals surface area contributed by atoms with Crippen molar-refractivity contribution in [3.63, 3.8) is 0 Å². The minimum Gasteiger partial charge on any atom is -0.478 e. The van der Waals surface area contributed by atoms with Crippen LogP contribution in [0.3, 0.4) is 0 Å². The zero-order chi connectivity index (χ0) is 17.3. The lowest BCUT2D eigenvalue weighted by Gasteiger charge is -2.05. The fourth-order valence-corrected chi connectivity index (χ4v) is 2.64. The van der Waals surface area contributed by atoms with Gasteiger partial charge in [-0.3, -0.25) is 9.59 Å². The fourth-order valence-electron chi connectivity index (χ4n) is 2.64. The summed E-state index contributed by atoms with van der Waals surface area (Å²) in [5, 5.41) is 9.59. The van der Waals surface area contributed by atoms with Gasteiger partial charge in [0.2, 0.25) is 5.43 Å². The van der Waals surface area contributed by atoms with Gasteiger partial charge in [0.1, 0.15) is 11.2 Å². The third kappa shape index (κ3) is 2.80. The second-order valence-corrected chi connectivity index (χ2v) is 5.68. The number of unbranched alkanes of at least 4 members (excludes halogenated alkanes) is 1. The van der Waals surface area contributed by atoms with E-state index in [0.29, 0.717) is 28.5 Å². The lowest BCUT2D eigenvalue weighted by atomic mass is 10.0. The van der Waals surface area contributed by atoms with Crippen molar-refractivity contribution in [2.45, 2.75) is 26.2 Å². The van der Waals surface area contributed by atoms with E-state index in [4.69, 9.17) is 9.52 Å². The second kappa shape index (κ2) is 6.28. The first-order chi connectivity index (χ1) is 11.5. The summed E-state index contributed by atoms with van der Waals surface area (Å²) in [5.41, 5.74) is 0.872. The molecule has 5 nitrogen and oxygen atoms in total. The topological polar surface area (TPSA) is 84.6 Å². The predicted molar refractivity (Wildman–Crippen MR) is 90.8 cm³/mol. The molecule has 5 heteroatoms. The summed E-state index contributed by atoms with van der Waals surface area (Å²) in [7, 11) is 0. The predicted octanol–water partition coefficient (Wildman–Crippen LogP) is 4.02. The maximum Gasteiger partial charge on any atom is 0.335 e. The largest absolute Gasteiger partial charge is 0.478 e. The molecule has 1 aromatic heterocycles. The summed E-state index contributed by atoms with van der Waals surface area (Å²) in [5.74, 6) is -1.09. The smallest absolute Gasteiger partial charge is 0.335 e. The van der Waals surface area contributed by atoms with E-state index in [-0.39, 0.29) is 22.2 Å². The van der Waals surface area contributed by atoms with E-state index < -0.39 is 5.97 Å². The third-order valence-electron chi connectivity index (χ3n) is 4.00. The van der Waals surface area contributed by atoms with Crippen LogP contribution in [0.4, 0.5) is 0 Å². The molecule has 0 saturated heterocycles. The van der Waals surface area contributed by atoms with Crippen LogP contribution in [0.1, 0.15) is 46.9 Å². The lowest BCUT2D eigenvalue weighted by molar-refractivity contribution is 0.0696. The summed E-state index contributed by atoms with van der Waals surface area (Å²) >= 11 is 0. The van der Waals surface area contributed by atoms with Gasteiger partial charge in [-0.2, -0.15) is 0 Å². The average Bonchev–Trinajstić information content (AvgIpc) is 2.59. The van der Waals surface area contributed by atoms with Crippen molar-refractivity contribution in [3.8, 4) is 0 Å². The Balaban J connectivity index is 2.16. The van der Waals surface area contributed by atoms with E-state index in [2.05, 4.69) is 0 Å². The van der Waals surface area contributed by atoms with Crippen LogP contribution in [-0.2, 0) is 0 Å². The van der Waals surface area contributed by atoms with Crippen molar-refractivity contribution in [3.05, 3.63) is 57.7 Å². The van der Waals surface area contributed by atoms with E-state index >= 15 is 0 Å². The number of rotatable bonds is 5. The van der Waals surface area contributed by atoms with E-state index in [1.165, 1.54) is 18.2 Å². The number of carbonyl (C=O) groups excluding carboxylic acids is 1. The van der Waals surface area contributed by atoms with Crippen LogP contribution in [0, 0.1) is 0 Å². The molecule has 0 spiro atoms. The summed E-state index contributed by atoms with van der Waals surface area (Å²) in [6.07, 6.45) is 2.21. The Hall–Kier alpha value is -2.95. The van der Waals surface area contributed by atoms with Gasteiger partial charge in [0.25, 0.3) is 0 Å². The highest BCUT2D eigenvalue weighted by Crippen LogP contribution is 2.21. The van der Waals surface area contributed by atoms with Gasteiger partial charge < -0.3 is 9.52 Å². The molecular formula is C19H16O5. The van der Waals surface area contributed by atoms with Gasteiger partial charge in [-0.05, 0) is 36.8 Å². The van der Waals surface area contributed by atoms with Crippen LogP contribution >= 0.6 is 0 Å². The van der Waals surface area contributed by atoms with Crippen molar-refractivity contribution in [2.75, 3.05) is 0 Å². The molecule has 0 saturated carbocycles. The Bertz CT molecular complexity index is 1010. The fraction of sp³-hybridized carbons (Fsp3) is 0.211. The standard InChI is InChI=1S/C19H16O5/c1-2-3-4-15(20)11-5-7-13-17(10-11)24-16-8-6-12(19(22)23)9-14(16)18(13)21/h5-10H,2-4H2,1H3,(H,22,23). The van der Waals surface area contributed by atoms with Crippen molar-refractivity contribution >= 4 is 33.7 Å².